The van der Waals surface area contributed by atoms with Gasteiger partial charge in [-0.1, -0.05) is 35.9 Å². The minimum Gasteiger partial charge on any atom is -0.266 e. The molecular weight excluding hydrogens is 423 g/mol. The Morgan fingerprint density at radius 2 is 1.92 bits per heavy atom. The molecule has 1 heterocycles. The largest absolute Gasteiger partial charge is 0.293 e. The smallest absolute Gasteiger partial charge is 0.266 e. The third-order valence-electron chi connectivity index (χ3n) is 3.44. The first-order valence-electron chi connectivity index (χ1n) is 7.57. The van der Waals surface area contributed by atoms with Crippen molar-refractivity contribution in [2.75, 3.05) is 0 Å². The first-order chi connectivity index (χ1) is 12.5. The summed E-state index contributed by atoms with van der Waals surface area (Å²) >= 11 is 9.20. The molecule has 0 unspecified atom stereocenters. The third-order valence-corrected chi connectivity index (χ3v) is 4.27. The SMILES string of the molecule is O=C(NN=Cc1ccc(F)cc1)c1nn(Cc2ccc(Cl)cc2)cc1Br. The van der Waals surface area contributed by atoms with Crippen molar-refractivity contribution in [2.45, 2.75) is 6.54 Å². The lowest BCUT2D eigenvalue weighted by atomic mass is 10.2. The van der Waals surface area contributed by atoms with Gasteiger partial charge in [0.25, 0.3) is 5.91 Å². The van der Waals surface area contributed by atoms with Gasteiger partial charge in [0.1, 0.15) is 5.82 Å². The van der Waals surface area contributed by atoms with Gasteiger partial charge in [0.2, 0.25) is 0 Å². The molecule has 8 heteroatoms. The molecule has 132 valence electrons. The lowest BCUT2D eigenvalue weighted by Gasteiger charge is -2.01. The molecule has 5 nitrogen and oxygen atoms in total. The quantitative estimate of drug-likeness (QED) is 0.481. The summed E-state index contributed by atoms with van der Waals surface area (Å²) in [6, 6.07) is 13.1. The van der Waals surface area contributed by atoms with Crippen molar-refractivity contribution in [2.24, 2.45) is 5.10 Å². The van der Waals surface area contributed by atoms with Gasteiger partial charge in [-0.3, -0.25) is 9.48 Å². The van der Waals surface area contributed by atoms with Crippen LogP contribution in [0.3, 0.4) is 0 Å². The third kappa shape index (κ3) is 4.77. The molecule has 0 spiro atoms. The van der Waals surface area contributed by atoms with Crippen molar-refractivity contribution >= 4 is 39.7 Å². The summed E-state index contributed by atoms with van der Waals surface area (Å²) in [5.74, 6) is -0.786. The van der Waals surface area contributed by atoms with E-state index in [1.807, 2.05) is 12.1 Å². The first kappa shape index (κ1) is 18.3. The zero-order valence-corrected chi connectivity index (χ0v) is 15.7. The van der Waals surface area contributed by atoms with Crippen molar-refractivity contribution in [1.82, 2.24) is 15.2 Å². The van der Waals surface area contributed by atoms with Gasteiger partial charge < -0.3 is 0 Å². The molecule has 1 aromatic heterocycles. The van der Waals surface area contributed by atoms with E-state index in [-0.39, 0.29) is 11.5 Å². The number of hydrogen-bond donors (Lipinski definition) is 1. The Hall–Kier alpha value is -2.51. The van der Waals surface area contributed by atoms with E-state index in [4.69, 9.17) is 11.6 Å². The molecule has 0 saturated heterocycles. The Morgan fingerprint density at radius 3 is 2.62 bits per heavy atom. The molecule has 0 saturated carbocycles. The number of benzene rings is 2. The minimum atomic E-state index is -0.454. The molecule has 2 aromatic carbocycles. The second kappa shape index (κ2) is 8.25. The normalized spacial score (nSPS) is 11.0. The zero-order valence-electron chi connectivity index (χ0n) is 13.4. The molecule has 0 bridgehead atoms. The molecule has 0 aliphatic carbocycles. The van der Waals surface area contributed by atoms with Crippen LogP contribution in [0.15, 0.2) is 64.3 Å². The van der Waals surface area contributed by atoms with Gasteiger partial charge in [-0.25, -0.2) is 9.82 Å². The number of hydrazone groups is 1. The standard InChI is InChI=1S/C18H13BrClFN4O/c19-16-11-25(10-13-1-5-14(20)6-2-13)24-17(16)18(26)23-22-9-12-3-7-15(21)8-4-12/h1-9,11H,10H2,(H,23,26). The van der Waals surface area contributed by atoms with Crippen LogP contribution in [0, 0.1) is 5.82 Å². The first-order valence-corrected chi connectivity index (χ1v) is 8.75. The number of hydrogen-bond acceptors (Lipinski definition) is 3. The van der Waals surface area contributed by atoms with Crippen LogP contribution in [-0.2, 0) is 6.54 Å². The number of carbonyl (C=O) groups is 1. The predicted octanol–water partition coefficient (Wildman–Crippen LogP) is 4.25. The summed E-state index contributed by atoms with van der Waals surface area (Å²) < 4.78 is 15.0. The summed E-state index contributed by atoms with van der Waals surface area (Å²) in [7, 11) is 0. The number of nitrogens with one attached hydrogen (secondary N) is 1. The maximum atomic E-state index is 12.8. The monoisotopic (exact) mass is 434 g/mol. The van der Waals surface area contributed by atoms with Gasteiger partial charge in [0, 0.05) is 11.2 Å². The fraction of sp³-hybridized carbons (Fsp3) is 0.0556. The van der Waals surface area contributed by atoms with E-state index < -0.39 is 5.91 Å². The Balaban J connectivity index is 1.65. The summed E-state index contributed by atoms with van der Waals surface area (Å²) in [5.41, 5.74) is 4.29. The maximum Gasteiger partial charge on any atom is 0.293 e. The van der Waals surface area contributed by atoms with Crippen LogP contribution in [-0.4, -0.2) is 21.9 Å². The van der Waals surface area contributed by atoms with Crippen LogP contribution in [0.25, 0.3) is 0 Å². The van der Waals surface area contributed by atoms with Crippen LogP contribution >= 0.6 is 27.5 Å². The molecular formula is C18H13BrClFN4O. The van der Waals surface area contributed by atoms with E-state index in [1.54, 1.807) is 35.1 Å². The van der Waals surface area contributed by atoms with E-state index in [9.17, 15) is 9.18 Å². The number of aromatic nitrogens is 2. The van der Waals surface area contributed by atoms with Gasteiger partial charge in [-0.2, -0.15) is 10.2 Å². The predicted molar refractivity (Wildman–Crippen MR) is 102 cm³/mol. The summed E-state index contributed by atoms with van der Waals surface area (Å²) in [6.45, 7) is 0.502. The van der Waals surface area contributed by atoms with E-state index in [1.165, 1.54) is 18.3 Å². The zero-order chi connectivity index (χ0) is 18.5. The molecule has 0 radical (unpaired) electrons. The molecule has 0 aliphatic heterocycles. The van der Waals surface area contributed by atoms with E-state index in [2.05, 4.69) is 31.6 Å². The van der Waals surface area contributed by atoms with Crippen molar-refractivity contribution < 1.29 is 9.18 Å². The van der Waals surface area contributed by atoms with Crippen LogP contribution in [0.2, 0.25) is 5.02 Å². The highest BCUT2D eigenvalue weighted by atomic mass is 79.9. The fourth-order valence-electron chi connectivity index (χ4n) is 2.18. The molecule has 26 heavy (non-hydrogen) atoms. The van der Waals surface area contributed by atoms with Gasteiger partial charge in [-0.05, 0) is 51.3 Å². The van der Waals surface area contributed by atoms with Crippen molar-refractivity contribution in [3.05, 3.63) is 86.9 Å². The molecule has 1 amide bonds. The van der Waals surface area contributed by atoms with Crippen LogP contribution in [0.4, 0.5) is 4.39 Å². The molecule has 0 aliphatic rings. The highest BCUT2D eigenvalue weighted by Crippen LogP contribution is 2.17. The second-order valence-corrected chi connectivity index (χ2v) is 6.69. The van der Waals surface area contributed by atoms with Crippen LogP contribution < -0.4 is 5.43 Å². The van der Waals surface area contributed by atoms with Crippen molar-refractivity contribution in [1.29, 1.82) is 0 Å². The van der Waals surface area contributed by atoms with E-state index in [0.717, 1.165) is 5.56 Å². The van der Waals surface area contributed by atoms with E-state index in [0.29, 0.717) is 21.6 Å². The highest BCUT2D eigenvalue weighted by Gasteiger charge is 2.14. The van der Waals surface area contributed by atoms with Crippen LogP contribution in [0.1, 0.15) is 21.6 Å². The average Bonchev–Trinajstić information content (AvgIpc) is 2.99. The molecule has 0 atom stereocenters. The van der Waals surface area contributed by atoms with Gasteiger partial charge in [-0.15, -0.1) is 0 Å². The number of nitrogens with zero attached hydrogens (tertiary/aromatic N) is 3. The maximum absolute atomic E-state index is 12.8. The molecule has 3 rings (SSSR count). The highest BCUT2D eigenvalue weighted by molar-refractivity contribution is 9.10. The Kier molecular flexibility index (Phi) is 5.80. The summed E-state index contributed by atoms with van der Waals surface area (Å²) in [6.07, 6.45) is 3.14. The second-order valence-electron chi connectivity index (χ2n) is 5.40. The molecule has 1 N–H and O–H groups in total. The number of rotatable bonds is 5. The number of carbonyl (C=O) groups excluding carboxylic acids is 1. The van der Waals surface area contributed by atoms with E-state index >= 15 is 0 Å². The summed E-state index contributed by atoms with van der Waals surface area (Å²) in [5, 5.41) is 8.79. The fourth-order valence-corrected chi connectivity index (χ4v) is 2.80. The lowest BCUT2D eigenvalue weighted by Crippen LogP contribution is -2.19. The number of amides is 1. The molecule has 0 fully saturated rings. The van der Waals surface area contributed by atoms with Gasteiger partial charge in [0.15, 0.2) is 5.69 Å². The Labute approximate surface area is 162 Å². The average molecular weight is 436 g/mol. The molecule has 3 aromatic rings. The van der Waals surface area contributed by atoms with Crippen molar-refractivity contribution in [3.63, 3.8) is 0 Å². The summed E-state index contributed by atoms with van der Waals surface area (Å²) in [4.78, 5) is 12.2. The van der Waals surface area contributed by atoms with Gasteiger partial charge >= 0.3 is 0 Å². The Bertz CT molecular complexity index is 939. The number of halogens is 3. The van der Waals surface area contributed by atoms with Gasteiger partial charge in [0.05, 0.1) is 17.2 Å². The Morgan fingerprint density at radius 1 is 1.23 bits per heavy atom. The topological polar surface area (TPSA) is 59.3 Å². The lowest BCUT2D eigenvalue weighted by molar-refractivity contribution is 0.0948. The van der Waals surface area contributed by atoms with Crippen molar-refractivity contribution in [3.8, 4) is 0 Å². The minimum absolute atomic E-state index is 0.218. The van der Waals surface area contributed by atoms with Crippen LogP contribution in [0.5, 0.6) is 0 Å².